The first-order chi connectivity index (χ1) is 21.7. The maximum atomic E-state index is 14.3. The number of likely N-dealkylation sites (tertiary alicyclic amines) is 1. The maximum Gasteiger partial charge on any atom is 0.289 e. The molecule has 1 spiro atoms. The Morgan fingerprint density at radius 2 is 1.76 bits per heavy atom. The van der Waals surface area contributed by atoms with Crippen molar-refractivity contribution in [3.8, 4) is 11.5 Å². The predicted molar refractivity (Wildman–Crippen MR) is 170 cm³/mol. The molecule has 2 fully saturated rings. The molecule has 1 saturated heterocycles. The molecule has 4 rings (SSSR count). The van der Waals surface area contributed by atoms with Gasteiger partial charge in [0.05, 0.1) is 37.5 Å². The highest BCUT2D eigenvalue weighted by atomic mass is 35.5. The first-order valence-electron chi connectivity index (χ1n) is 15.5. The summed E-state index contributed by atoms with van der Waals surface area (Å²) in [7, 11) is 4.34. The lowest BCUT2D eigenvalue weighted by Crippen LogP contribution is -2.59. The molecule has 0 bridgehead atoms. The highest BCUT2D eigenvalue weighted by Crippen LogP contribution is 2.42. The molecule has 0 unspecified atom stereocenters. The Hall–Kier alpha value is -3.87. The number of hydrogen-bond donors (Lipinski definition) is 3. The van der Waals surface area contributed by atoms with Crippen LogP contribution in [0.1, 0.15) is 71.8 Å². The van der Waals surface area contributed by atoms with E-state index in [0.717, 1.165) is 12.8 Å². The Morgan fingerprint density at radius 3 is 2.33 bits per heavy atom. The molecule has 2 aliphatic heterocycles. The van der Waals surface area contributed by atoms with Crippen LogP contribution in [0.25, 0.3) is 0 Å². The lowest BCUT2D eigenvalue weighted by molar-refractivity contribution is -0.145. The summed E-state index contributed by atoms with van der Waals surface area (Å²) in [6.07, 6.45) is 2.54. The van der Waals surface area contributed by atoms with Crippen LogP contribution in [0.2, 0.25) is 5.02 Å². The first-order valence-corrected chi connectivity index (χ1v) is 15.9. The third kappa shape index (κ3) is 7.40. The van der Waals surface area contributed by atoms with Gasteiger partial charge >= 0.3 is 0 Å². The third-order valence-corrected chi connectivity index (χ3v) is 8.91. The molecule has 1 aliphatic carbocycles. The number of amides is 4. The average molecular weight is 662 g/mol. The number of likely N-dealkylation sites (N-methyl/N-ethyl adjacent to an activating group) is 1. The number of oxime groups is 1. The Balaban J connectivity index is 1.67. The third-order valence-electron chi connectivity index (χ3n) is 8.62. The SMILES string of the molecule is CCC[C@H](NC(=O)[C@@H]1C[C@]2(CC(c3cc(Cl)c(OC)cc3OC)=NO2)CN1C(=O)[C@@H](NC(=O)C1CC1)C(C)(C)C)C(=O)C(=O)NC. The van der Waals surface area contributed by atoms with Crippen LogP contribution in [-0.2, 0) is 28.8 Å². The van der Waals surface area contributed by atoms with Gasteiger partial charge in [0, 0.05) is 37.4 Å². The number of methoxy groups -OCH3 is 2. The number of ether oxygens (including phenoxy) is 2. The molecular weight excluding hydrogens is 618 g/mol. The smallest absolute Gasteiger partial charge is 0.289 e. The van der Waals surface area contributed by atoms with Crippen LogP contribution in [-0.4, -0.2) is 91.6 Å². The Bertz CT molecular complexity index is 1420. The van der Waals surface area contributed by atoms with E-state index in [9.17, 15) is 24.0 Å². The molecule has 1 aromatic carbocycles. The van der Waals surface area contributed by atoms with Gasteiger partial charge in [-0.15, -0.1) is 0 Å². The van der Waals surface area contributed by atoms with Crippen molar-refractivity contribution in [3.05, 3.63) is 22.7 Å². The van der Waals surface area contributed by atoms with Crippen molar-refractivity contribution in [2.24, 2.45) is 16.5 Å². The van der Waals surface area contributed by atoms with Crippen molar-refractivity contribution in [1.82, 2.24) is 20.9 Å². The minimum atomic E-state index is -1.10. The Labute approximate surface area is 274 Å². The molecule has 252 valence electrons. The van der Waals surface area contributed by atoms with E-state index in [4.69, 9.17) is 25.9 Å². The normalized spacial score (nSPS) is 22.0. The summed E-state index contributed by atoms with van der Waals surface area (Å²) in [6, 6.07) is 0.196. The summed E-state index contributed by atoms with van der Waals surface area (Å²) in [5, 5.41) is 12.6. The van der Waals surface area contributed by atoms with Crippen LogP contribution in [0.3, 0.4) is 0 Å². The van der Waals surface area contributed by atoms with Crippen molar-refractivity contribution < 1.29 is 38.3 Å². The van der Waals surface area contributed by atoms with E-state index < -0.39 is 52.6 Å². The van der Waals surface area contributed by atoms with Gasteiger partial charge in [0.2, 0.25) is 23.5 Å². The van der Waals surface area contributed by atoms with Crippen LogP contribution in [0.5, 0.6) is 11.5 Å². The maximum absolute atomic E-state index is 14.3. The van der Waals surface area contributed by atoms with Gasteiger partial charge in [0.1, 0.15) is 23.6 Å². The number of halogens is 1. The molecule has 13 nitrogen and oxygen atoms in total. The van der Waals surface area contributed by atoms with Crippen molar-refractivity contribution in [3.63, 3.8) is 0 Å². The molecule has 3 N–H and O–H groups in total. The van der Waals surface area contributed by atoms with Crippen molar-refractivity contribution in [2.45, 2.75) is 89.9 Å². The van der Waals surface area contributed by atoms with Gasteiger partial charge < -0.3 is 35.2 Å². The second kappa shape index (κ2) is 13.9. The fourth-order valence-electron chi connectivity index (χ4n) is 5.89. The van der Waals surface area contributed by atoms with Crippen LogP contribution in [0.4, 0.5) is 0 Å². The van der Waals surface area contributed by atoms with Crippen LogP contribution in [0, 0.1) is 11.3 Å². The zero-order valence-corrected chi connectivity index (χ0v) is 28.2. The van der Waals surface area contributed by atoms with E-state index in [1.54, 1.807) is 12.1 Å². The van der Waals surface area contributed by atoms with Crippen molar-refractivity contribution >= 4 is 46.7 Å². The average Bonchev–Trinajstić information content (AvgIpc) is 3.70. The van der Waals surface area contributed by atoms with Crippen molar-refractivity contribution in [1.29, 1.82) is 0 Å². The number of benzene rings is 1. The number of ketones is 1. The van der Waals surface area contributed by atoms with Gasteiger partial charge in [-0.3, -0.25) is 24.0 Å². The van der Waals surface area contributed by atoms with Gasteiger partial charge in [0.15, 0.2) is 5.60 Å². The lowest BCUT2D eigenvalue weighted by Gasteiger charge is -2.35. The van der Waals surface area contributed by atoms with Gasteiger partial charge in [0.25, 0.3) is 5.91 Å². The van der Waals surface area contributed by atoms with Gasteiger partial charge in [-0.05, 0) is 30.7 Å². The molecular formula is C32H44ClN5O8. The standard InChI is InChI=1S/C32H44ClN5O8/c1-8-9-20(25(39)29(42)34-5)35-28(41)22-15-32(14-21(37-46-32)18-12-19(33)24(45-7)13-23(18)44-6)16-38(22)30(43)26(31(2,3)4)36-27(40)17-10-11-17/h12-13,17,20,22,26H,8-11,14-16H2,1-7H3,(H,34,42)(H,35,41)(H,36,40)/t20-,22-,26+,32+/m0/s1. The predicted octanol–water partition coefficient (Wildman–Crippen LogP) is 2.36. The molecule has 2 heterocycles. The zero-order chi connectivity index (χ0) is 34.0. The van der Waals surface area contributed by atoms with Crippen molar-refractivity contribution in [2.75, 3.05) is 27.8 Å². The number of nitrogens with one attached hydrogen (secondary N) is 3. The zero-order valence-electron chi connectivity index (χ0n) is 27.5. The Morgan fingerprint density at radius 1 is 1.09 bits per heavy atom. The molecule has 4 amide bonds. The fourth-order valence-corrected chi connectivity index (χ4v) is 6.13. The molecule has 1 saturated carbocycles. The van der Waals surface area contributed by atoms with E-state index in [-0.39, 0.29) is 37.6 Å². The van der Waals surface area contributed by atoms with E-state index in [1.807, 2.05) is 27.7 Å². The molecule has 4 atom stereocenters. The summed E-state index contributed by atoms with van der Waals surface area (Å²) in [6.45, 7) is 7.34. The number of Topliss-reactive ketones (excluding diaryl/α,β-unsaturated/α-hetero) is 1. The fraction of sp³-hybridized carbons (Fsp3) is 0.625. The molecule has 46 heavy (non-hydrogen) atoms. The van der Waals surface area contributed by atoms with Gasteiger partial charge in [-0.1, -0.05) is 50.9 Å². The number of carbonyl (C=O) groups excluding carboxylic acids is 5. The molecule has 0 aromatic heterocycles. The van der Waals surface area contributed by atoms with E-state index >= 15 is 0 Å². The quantitative estimate of drug-likeness (QED) is 0.287. The molecule has 0 radical (unpaired) electrons. The monoisotopic (exact) mass is 661 g/mol. The number of nitrogens with zero attached hydrogens (tertiary/aromatic N) is 2. The number of carbonyl (C=O) groups is 5. The summed E-state index contributed by atoms with van der Waals surface area (Å²) in [5.74, 6) is -2.13. The molecule has 14 heteroatoms. The summed E-state index contributed by atoms with van der Waals surface area (Å²) in [4.78, 5) is 73.6. The van der Waals surface area contributed by atoms with E-state index in [1.165, 1.54) is 26.2 Å². The summed E-state index contributed by atoms with van der Waals surface area (Å²) >= 11 is 6.42. The largest absolute Gasteiger partial charge is 0.496 e. The molecule has 3 aliphatic rings. The van der Waals surface area contributed by atoms with E-state index in [2.05, 4.69) is 21.1 Å². The van der Waals surface area contributed by atoms with Gasteiger partial charge in [-0.2, -0.15) is 0 Å². The number of rotatable bonds is 12. The van der Waals surface area contributed by atoms with E-state index in [0.29, 0.717) is 34.2 Å². The number of hydrogen-bond acceptors (Lipinski definition) is 9. The second-order valence-electron chi connectivity index (χ2n) is 13.2. The second-order valence-corrected chi connectivity index (χ2v) is 13.6. The van der Waals surface area contributed by atoms with Crippen LogP contribution in [0.15, 0.2) is 17.3 Å². The van der Waals surface area contributed by atoms with Crippen LogP contribution >= 0.6 is 11.6 Å². The lowest BCUT2D eigenvalue weighted by atomic mass is 9.85. The minimum absolute atomic E-state index is 0.0170. The summed E-state index contributed by atoms with van der Waals surface area (Å²) < 4.78 is 10.9. The minimum Gasteiger partial charge on any atom is -0.496 e. The highest BCUT2D eigenvalue weighted by Gasteiger charge is 2.56. The Kier molecular flexibility index (Phi) is 10.5. The van der Waals surface area contributed by atoms with Gasteiger partial charge in [-0.25, -0.2) is 0 Å². The summed E-state index contributed by atoms with van der Waals surface area (Å²) in [5.41, 5.74) is -0.718. The topological polar surface area (TPSA) is 165 Å². The highest BCUT2D eigenvalue weighted by molar-refractivity contribution is 6.38. The first kappa shape index (κ1) is 35.0. The molecule has 1 aromatic rings. The van der Waals surface area contributed by atoms with Crippen LogP contribution < -0.4 is 25.4 Å².